The highest BCUT2D eigenvalue weighted by Gasteiger charge is 2.25. The number of nitrogens with zero attached hydrogens (tertiary/aromatic N) is 4. The van der Waals surface area contributed by atoms with Gasteiger partial charge in [-0.1, -0.05) is 0 Å². The Morgan fingerprint density at radius 3 is 2.64 bits per heavy atom. The van der Waals surface area contributed by atoms with E-state index in [0.29, 0.717) is 5.92 Å². The van der Waals surface area contributed by atoms with Gasteiger partial charge in [0.25, 0.3) is 0 Å². The van der Waals surface area contributed by atoms with Crippen LogP contribution in [0.5, 0.6) is 0 Å². The first kappa shape index (κ1) is 13.6. The Balaban J connectivity index is 1.40. The molecule has 0 radical (unpaired) electrons. The zero-order valence-corrected chi connectivity index (χ0v) is 12.9. The van der Waals surface area contributed by atoms with E-state index < -0.39 is 0 Å². The number of hydrogen-bond donors (Lipinski definition) is 2. The first-order chi connectivity index (χ1) is 10.8. The van der Waals surface area contributed by atoms with Crippen LogP contribution in [-0.4, -0.2) is 53.3 Å². The lowest BCUT2D eigenvalue weighted by atomic mass is 10.3. The molecule has 1 aliphatic carbocycles. The molecule has 22 heavy (non-hydrogen) atoms. The van der Waals surface area contributed by atoms with Gasteiger partial charge >= 0.3 is 0 Å². The number of anilines is 3. The minimum absolute atomic E-state index is 0.690. The summed E-state index contributed by atoms with van der Waals surface area (Å²) in [4.78, 5) is 9.26. The van der Waals surface area contributed by atoms with Gasteiger partial charge in [0.1, 0.15) is 5.82 Å². The Hall–Kier alpha value is -2.08. The fourth-order valence-corrected chi connectivity index (χ4v) is 2.85. The third kappa shape index (κ3) is 2.92. The fourth-order valence-electron chi connectivity index (χ4n) is 2.85. The number of piperazine rings is 1. The maximum Gasteiger partial charge on any atom is 0.153 e. The second-order valence-corrected chi connectivity index (χ2v) is 6.30. The third-order valence-electron chi connectivity index (χ3n) is 4.49. The summed E-state index contributed by atoms with van der Waals surface area (Å²) in [5, 5.41) is 10.7. The van der Waals surface area contributed by atoms with Crippen molar-refractivity contribution in [3.05, 3.63) is 30.1 Å². The van der Waals surface area contributed by atoms with Crippen LogP contribution in [-0.2, 0) is 0 Å². The molecule has 3 heterocycles. The molecule has 4 rings (SSSR count). The summed E-state index contributed by atoms with van der Waals surface area (Å²) in [5.74, 6) is 2.38. The molecule has 0 atom stereocenters. The predicted molar refractivity (Wildman–Crippen MR) is 87.8 cm³/mol. The van der Waals surface area contributed by atoms with Crippen molar-refractivity contribution in [2.45, 2.75) is 18.8 Å². The van der Waals surface area contributed by atoms with Crippen LogP contribution >= 0.6 is 0 Å². The molecule has 2 aliphatic rings. The normalized spacial score (nSPS) is 19.4. The smallest absolute Gasteiger partial charge is 0.153 e. The first-order valence-electron chi connectivity index (χ1n) is 8.00. The molecule has 6 heteroatoms. The monoisotopic (exact) mass is 298 g/mol. The molecule has 1 aliphatic heterocycles. The highest BCUT2D eigenvalue weighted by molar-refractivity contribution is 5.56. The Morgan fingerprint density at radius 2 is 1.95 bits per heavy atom. The molecule has 6 nitrogen and oxygen atoms in total. The van der Waals surface area contributed by atoms with E-state index in [9.17, 15) is 0 Å². The number of H-pyrrole nitrogens is 1. The lowest BCUT2D eigenvalue weighted by molar-refractivity contribution is 0.313. The summed E-state index contributed by atoms with van der Waals surface area (Å²) in [6, 6.07) is 6.25. The lowest BCUT2D eigenvalue weighted by Gasteiger charge is -2.33. The number of aromatic amines is 1. The van der Waals surface area contributed by atoms with E-state index in [1.54, 1.807) is 0 Å². The van der Waals surface area contributed by atoms with Crippen LogP contribution in [0.25, 0.3) is 0 Å². The number of likely N-dealkylation sites (N-methyl/N-ethyl adjacent to an activating group) is 1. The number of rotatable bonds is 4. The van der Waals surface area contributed by atoms with Crippen molar-refractivity contribution in [1.29, 1.82) is 0 Å². The molecule has 2 aromatic rings. The molecule has 1 saturated heterocycles. The van der Waals surface area contributed by atoms with Crippen molar-refractivity contribution in [2.75, 3.05) is 43.4 Å². The molecule has 2 fully saturated rings. The number of nitrogens with one attached hydrogen (secondary N) is 2. The quantitative estimate of drug-likeness (QED) is 0.906. The van der Waals surface area contributed by atoms with Gasteiger partial charge in [-0.2, -0.15) is 5.10 Å². The first-order valence-corrected chi connectivity index (χ1v) is 8.00. The largest absolute Gasteiger partial charge is 0.368 e. The highest BCUT2D eigenvalue weighted by atomic mass is 15.3. The molecule has 0 aromatic carbocycles. The van der Waals surface area contributed by atoms with Crippen LogP contribution in [0.1, 0.15) is 24.5 Å². The number of pyridine rings is 1. The minimum atomic E-state index is 0.690. The second kappa shape index (κ2) is 5.61. The topological polar surface area (TPSA) is 60.1 Å². The van der Waals surface area contributed by atoms with Gasteiger partial charge in [-0.25, -0.2) is 4.98 Å². The van der Waals surface area contributed by atoms with E-state index in [-0.39, 0.29) is 0 Å². The Morgan fingerprint density at radius 1 is 1.14 bits per heavy atom. The number of aromatic nitrogens is 3. The van der Waals surface area contributed by atoms with Crippen molar-refractivity contribution in [3.8, 4) is 0 Å². The summed E-state index contributed by atoms with van der Waals surface area (Å²) >= 11 is 0. The van der Waals surface area contributed by atoms with Gasteiger partial charge < -0.3 is 15.1 Å². The molecule has 2 N–H and O–H groups in total. The van der Waals surface area contributed by atoms with E-state index in [2.05, 4.69) is 49.5 Å². The summed E-state index contributed by atoms with van der Waals surface area (Å²) in [6.45, 7) is 4.35. The highest BCUT2D eigenvalue weighted by Crippen LogP contribution is 2.39. The van der Waals surface area contributed by atoms with Crippen LogP contribution in [0, 0.1) is 0 Å². The van der Waals surface area contributed by atoms with Crippen LogP contribution in [0.2, 0.25) is 0 Å². The van der Waals surface area contributed by atoms with Gasteiger partial charge in [0.15, 0.2) is 5.82 Å². The Labute approximate surface area is 130 Å². The SMILES string of the molecule is CN1CCN(c2ccc(Nc3cc(C4CC4)[nH]n3)nc2)CC1. The third-order valence-corrected chi connectivity index (χ3v) is 4.49. The van der Waals surface area contributed by atoms with Gasteiger partial charge in [-0.15, -0.1) is 0 Å². The maximum atomic E-state index is 4.52. The average molecular weight is 298 g/mol. The number of hydrogen-bond acceptors (Lipinski definition) is 5. The summed E-state index contributed by atoms with van der Waals surface area (Å²) < 4.78 is 0. The summed E-state index contributed by atoms with van der Waals surface area (Å²) in [5.41, 5.74) is 2.43. The zero-order valence-electron chi connectivity index (χ0n) is 12.9. The van der Waals surface area contributed by atoms with E-state index in [1.165, 1.54) is 24.2 Å². The van der Waals surface area contributed by atoms with Gasteiger partial charge in [0, 0.05) is 43.9 Å². The zero-order chi connectivity index (χ0) is 14.9. The van der Waals surface area contributed by atoms with Crippen molar-refractivity contribution in [1.82, 2.24) is 20.1 Å². The average Bonchev–Trinajstić information content (AvgIpc) is 3.29. The molecule has 0 amide bonds. The second-order valence-electron chi connectivity index (χ2n) is 6.30. The Bertz CT molecular complexity index is 622. The van der Waals surface area contributed by atoms with Gasteiger partial charge in [-0.3, -0.25) is 5.10 Å². The fraction of sp³-hybridized carbons (Fsp3) is 0.500. The van der Waals surface area contributed by atoms with Crippen LogP contribution in [0.3, 0.4) is 0 Å². The molecule has 2 aromatic heterocycles. The Kier molecular flexibility index (Phi) is 3.46. The molecule has 0 unspecified atom stereocenters. The summed E-state index contributed by atoms with van der Waals surface area (Å²) in [7, 11) is 2.17. The minimum Gasteiger partial charge on any atom is -0.368 e. The van der Waals surface area contributed by atoms with Crippen LogP contribution in [0.15, 0.2) is 24.4 Å². The van der Waals surface area contributed by atoms with Crippen molar-refractivity contribution < 1.29 is 0 Å². The van der Waals surface area contributed by atoms with E-state index in [4.69, 9.17) is 0 Å². The van der Waals surface area contributed by atoms with E-state index >= 15 is 0 Å². The lowest BCUT2D eigenvalue weighted by Crippen LogP contribution is -2.44. The molecular formula is C16H22N6. The van der Waals surface area contributed by atoms with Gasteiger partial charge in [-0.05, 0) is 32.0 Å². The van der Waals surface area contributed by atoms with Gasteiger partial charge in [0.2, 0.25) is 0 Å². The van der Waals surface area contributed by atoms with Crippen LogP contribution < -0.4 is 10.2 Å². The molecule has 1 saturated carbocycles. The van der Waals surface area contributed by atoms with E-state index in [0.717, 1.165) is 37.8 Å². The molecular weight excluding hydrogens is 276 g/mol. The molecule has 0 bridgehead atoms. The predicted octanol–water partition coefficient (Wildman–Crippen LogP) is 2.18. The standard InChI is InChI=1S/C16H22N6/c1-21-6-8-22(9-7-21)13-4-5-15(17-11-13)18-16-10-14(19-20-16)12-2-3-12/h4-5,10-12H,2-3,6-9H2,1H3,(H2,17,18,19,20). The van der Waals surface area contributed by atoms with Crippen molar-refractivity contribution in [2.24, 2.45) is 0 Å². The van der Waals surface area contributed by atoms with E-state index in [1.807, 2.05) is 12.3 Å². The maximum absolute atomic E-state index is 4.52. The van der Waals surface area contributed by atoms with Crippen LogP contribution in [0.4, 0.5) is 17.3 Å². The van der Waals surface area contributed by atoms with Crippen molar-refractivity contribution in [3.63, 3.8) is 0 Å². The summed E-state index contributed by atoms with van der Waals surface area (Å²) in [6.07, 6.45) is 4.50. The van der Waals surface area contributed by atoms with Gasteiger partial charge in [0.05, 0.1) is 11.9 Å². The molecule has 116 valence electrons. The van der Waals surface area contributed by atoms with Crippen molar-refractivity contribution >= 4 is 17.3 Å². The molecule has 0 spiro atoms.